The number of ether oxygens (including phenoxy) is 1. The minimum Gasteiger partial charge on any atom is -0.481 e. The number of halogens is 3. The van der Waals surface area contributed by atoms with Crippen LogP contribution in [0.5, 0.6) is 5.75 Å². The number of hydrogen-bond acceptors (Lipinski definition) is 4. The first-order valence-electron chi connectivity index (χ1n) is 9.78. The summed E-state index contributed by atoms with van der Waals surface area (Å²) in [5, 5.41) is 4.83. The van der Waals surface area contributed by atoms with Gasteiger partial charge < -0.3 is 10.1 Å². The highest BCUT2D eigenvalue weighted by molar-refractivity contribution is 7.21. The van der Waals surface area contributed by atoms with Crippen molar-refractivity contribution in [3.8, 4) is 16.3 Å². The Hall–Kier alpha value is -2.31. The Morgan fingerprint density at radius 1 is 0.969 bits per heavy atom. The first kappa shape index (κ1) is 22.9. The van der Waals surface area contributed by atoms with Gasteiger partial charge in [-0.05, 0) is 73.9 Å². The molecule has 0 atom stereocenters. The van der Waals surface area contributed by atoms with Gasteiger partial charge in [-0.15, -0.1) is 11.3 Å². The summed E-state index contributed by atoms with van der Waals surface area (Å²) in [7, 11) is 0. The fourth-order valence-corrected chi connectivity index (χ4v) is 5.11. The van der Waals surface area contributed by atoms with Crippen molar-refractivity contribution in [3.63, 3.8) is 0 Å². The molecule has 0 aliphatic heterocycles. The highest BCUT2D eigenvalue weighted by Gasteiger charge is 2.18. The van der Waals surface area contributed by atoms with Crippen LogP contribution >= 0.6 is 46.1 Å². The third-order valence-electron chi connectivity index (χ3n) is 5.02. The third-order valence-corrected chi connectivity index (χ3v) is 7.57. The third kappa shape index (κ3) is 4.57. The van der Waals surface area contributed by atoms with Crippen molar-refractivity contribution in [2.45, 2.75) is 20.8 Å². The van der Waals surface area contributed by atoms with Crippen LogP contribution in [-0.2, 0) is 4.79 Å². The number of hydrogen-bond donors (Lipinski definition) is 1. The number of carbonyl (C=O) groups is 1. The molecule has 164 valence electrons. The zero-order chi connectivity index (χ0) is 23.0. The number of rotatable bonds is 5. The van der Waals surface area contributed by atoms with Crippen LogP contribution < -0.4 is 10.1 Å². The minimum atomic E-state index is -0.328. The molecule has 0 fully saturated rings. The molecule has 0 saturated heterocycles. The van der Waals surface area contributed by atoms with Gasteiger partial charge in [0.1, 0.15) is 5.01 Å². The Labute approximate surface area is 205 Å². The molecular weight excluding hydrogens is 487 g/mol. The summed E-state index contributed by atoms with van der Waals surface area (Å²) < 4.78 is 6.76. The largest absolute Gasteiger partial charge is 0.481 e. The lowest BCUT2D eigenvalue weighted by molar-refractivity contribution is -0.118. The number of carbonyl (C=O) groups excluding carboxylic acids is 1. The Kier molecular flexibility index (Phi) is 6.63. The van der Waals surface area contributed by atoms with E-state index < -0.39 is 0 Å². The molecule has 0 bridgehead atoms. The Morgan fingerprint density at radius 2 is 1.62 bits per heavy atom. The maximum atomic E-state index is 12.4. The van der Waals surface area contributed by atoms with E-state index >= 15 is 0 Å². The molecule has 4 aromatic rings. The fourth-order valence-electron chi connectivity index (χ4n) is 3.22. The van der Waals surface area contributed by atoms with Crippen LogP contribution in [0.25, 0.3) is 20.8 Å². The second-order valence-electron chi connectivity index (χ2n) is 7.43. The van der Waals surface area contributed by atoms with Crippen molar-refractivity contribution in [2.75, 3.05) is 11.9 Å². The molecule has 0 spiro atoms. The Balaban J connectivity index is 1.43. The summed E-state index contributed by atoms with van der Waals surface area (Å²) in [5.74, 6) is -0.0742. The monoisotopic (exact) mass is 504 g/mol. The molecule has 1 amide bonds. The molecule has 4 rings (SSSR count). The van der Waals surface area contributed by atoms with Crippen LogP contribution in [-0.4, -0.2) is 17.5 Å². The second kappa shape index (κ2) is 9.28. The molecule has 0 aliphatic rings. The number of aryl methyl sites for hydroxylation is 1. The van der Waals surface area contributed by atoms with Crippen molar-refractivity contribution < 1.29 is 9.53 Å². The predicted molar refractivity (Wildman–Crippen MR) is 135 cm³/mol. The van der Waals surface area contributed by atoms with E-state index in [2.05, 4.69) is 24.4 Å². The van der Waals surface area contributed by atoms with Gasteiger partial charge in [0.2, 0.25) is 0 Å². The molecular formula is C24H19Cl3N2O2S. The van der Waals surface area contributed by atoms with Crippen LogP contribution in [0.1, 0.15) is 16.7 Å². The molecule has 3 aromatic carbocycles. The highest BCUT2D eigenvalue weighted by Crippen LogP contribution is 2.42. The molecule has 32 heavy (non-hydrogen) atoms. The van der Waals surface area contributed by atoms with Crippen LogP contribution in [0.4, 0.5) is 5.69 Å². The number of nitrogens with zero attached hydrogens (tertiary/aromatic N) is 1. The number of anilines is 1. The quantitative estimate of drug-likeness (QED) is 0.300. The standard InChI is InChI=1S/C24H19Cl3N2O2S/c1-12-4-9-17-18(10-12)32-24(29-17)15-5-7-16(8-6-15)28-19(30)11-31-23-21(26)13(2)20(25)14(3)22(23)27/h4-10H,11H2,1-3H3,(H,28,30). The summed E-state index contributed by atoms with van der Waals surface area (Å²) in [4.78, 5) is 17.1. The zero-order valence-electron chi connectivity index (χ0n) is 17.6. The molecule has 0 radical (unpaired) electrons. The van der Waals surface area contributed by atoms with Gasteiger partial charge in [-0.2, -0.15) is 0 Å². The zero-order valence-corrected chi connectivity index (χ0v) is 20.6. The van der Waals surface area contributed by atoms with Crippen molar-refractivity contribution in [1.82, 2.24) is 4.98 Å². The molecule has 0 saturated carbocycles. The van der Waals surface area contributed by atoms with Crippen LogP contribution in [0.3, 0.4) is 0 Å². The van der Waals surface area contributed by atoms with Crippen LogP contribution in [0.2, 0.25) is 15.1 Å². The van der Waals surface area contributed by atoms with E-state index in [0.717, 1.165) is 20.8 Å². The van der Waals surface area contributed by atoms with Crippen molar-refractivity contribution in [3.05, 3.63) is 74.2 Å². The lowest BCUT2D eigenvalue weighted by Crippen LogP contribution is -2.20. The van der Waals surface area contributed by atoms with Gasteiger partial charge >= 0.3 is 0 Å². The topological polar surface area (TPSA) is 51.2 Å². The summed E-state index contributed by atoms with van der Waals surface area (Å²) in [6.07, 6.45) is 0. The predicted octanol–water partition coefficient (Wildman–Crippen LogP) is 7.87. The van der Waals surface area contributed by atoms with Crippen molar-refractivity contribution >= 4 is 68.0 Å². The van der Waals surface area contributed by atoms with Gasteiger partial charge in [0.25, 0.3) is 5.91 Å². The maximum absolute atomic E-state index is 12.4. The molecule has 8 heteroatoms. The Bertz CT molecular complexity index is 1300. The average Bonchev–Trinajstić information content (AvgIpc) is 3.20. The summed E-state index contributed by atoms with van der Waals surface area (Å²) >= 11 is 20.5. The summed E-state index contributed by atoms with van der Waals surface area (Å²) in [6.45, 7) is 5.38. The van der Waals surface area contributed by atoms with Crippen molar-refractivity contribution in [2.24, 2.45) is 0 Å². The molecule has 0 unspecified atom stereocenters. The van der Waals surface area contributed by atoms with Gasteiger partial charge in [0, 0.05) is 16.3 Å². The molecule has 0 aliphatic carbocycles. The smallest absolute Gasteiger partial charge is 0.262 e. The van der Waals surface area contributed by atoms with E-state index in [9.17, 15) is 4.79 Å². The Morgan fingerprint density at radius 3 is 2.28 bits per heavy atom. The molecule has 4 nitrogen and oxygen atoms in total. The number of amides is 1. The number of nitrogens with one attached hydrogen (secondary N) is 1. The summed E-state index contributed by atoms with van der Waals surface area (Å²) in [5.41, 5.74) is 5.15. The van der Waals surface area contributed by atoms with E-state index in [1.54, 1.807) is 25.2 Å². The van der Waals surface area contributed by atoms with E-state index in [-0.39, 0.29) is 18.3 Å². The normalized spacial score (nSPS) is 11.1. The highest BCUT2D eigenvalue weighted by atomic mass is 35.5. The van der Waals surface area contributed by atoms with Gasteiger partial charge in [-0.25, -0.2) is 4.98 Å². The average molecular weight is 506 g/mol. The fraction of sp³-hybridized carbons (Fsp3) is 0.167. The lowest BCUT2D eigenvalue weighted by atomic mass is 10.1. The van der Waals surface area contributed by atoms with Crippen LogP contribution in [0, 0.1) is 20.8 Å². The van der Waals surface area contributed by atoms with E-state index in [0.29, 0.717) is 31.9 Å². The van der Waals surface area contributed by atoms with Gasteiger partial charge in [-0.3, -0.25) is 4.79 Å². The minimum absolute atomic E-state index is 0.237. The second-order valence-corrected chi connectivity index (χ2v) is 9.59. The summed E-state index contributed by atoms with van der Waals surface area (Å²) in [6, 6.07) is 13.7. The molecule has 1 heterocycles. The van der Waals surface area contributed by atoms with Gasteiger partial charge in [0.15, 0.2) is 12.4 Å². The number of fused-ring (bicyclic) bond motifs is 1. The SMILES string of the molecule is Cc1ccc2nc(-c3ccc(NC(=O)COc4c(Cl)c(C)c(Cl)c(C)c4Cl)cc3)sc2c1. The maximum Gasteiger partial charge on any atom is 0.262 e. The number of aromatic nitrogens is 1. The van der Waals surface area contributed by atoms with E-state index in [1.807, 2.05) is 30.3 Å². The number of thiazole rings is 1. The first-order valence-corrected chi connectivity index (χ1v) is 11.7. The number of benzene rings is 3. The first-order chi connectivity index (χ1) is 15.2. The lowest BCUT2D eigenvalue weighted by Gasteiger charge is -2.15. The van der Waals surface area contributed by atoms with E-state index in [4.69, 9.17) is 44.5 Å². The van der Waals surface area contributed by atoms with Crippen LogP contribution in [0.15, 0.2) is 42.5 Å². The van der Waals surface area contributed by atoms with Crippen molar-refractivity contribution in [1.29, 1.82) is 0 Å². The molecule has 1 aromatic heterocycles. The van der Waals surface area contributed by atoms with E-state index in [1.165, 1.54) is 5.56 Å². The van der Waals surface area contributed by atoms with Gasteiger partial charge in [-0.1, -0.05) is 40.9 Å². The molecule has 1 N–H and O–H groups in total. The van der Waals surface area contributed by atoms with Gasteiger partial charge in [0.05, 0.1) is 20.3 Å².